The number of epoxide rings is 2. The third kappa shape index (κ3) is 1.94. The van der Waals surface area contributed by atoms with Gasteiger partial charge < -0.3 is 29.2 Å². The molecule has 0 amide bonds. The van der Waals surface area contributed by atoms with Crippen molar-refractivity contribution < 1.29 is 38.7 Å². The lowest BCUT2D eigenvalue weighted by molar-refractivity contribution is -0.196. The van der Waals surface area contributed by atoms with E-state index in [1.54, 1.807) is 26.8 Å². The fourth-order valence-electron chi connectivity index (χ4n) is 5.68. The average Bonchev–Trinajstić information content (AvgIpc) is 3.53. The first-order valence-electron chi connectivity index (χ1n) is 9.56. The maximum Gasteiger partial charge on any atom is 0.334 e. The van der Waals surface area contributed by atoms with E-state index in [9.17, 15) is 19.8 Å². The maximum absolute atomic E-state index is 12.5. The molecule has 9 atom stereocenters. The number of ether oxygens (including phenoxy) is 4. The van der Waals surface area contributed by atoms with Crippen LogP contribution in [-0.4, -0.2) is 70.0 Å². The van der Waals surface area contributed by atoms with Gasteiger partial charge in [0.1, 0.15) is 35.1 Å². The third-order valence-corrected chi connectivity index (χ3v) is 7.48. The molecule has 3 saturated heterocycles. The van der Waals surface area contributed by atoms with Gasteiger partial charge in [-0.05, 0) is 20.8 Å². The van der Waals surface area contributed by atoms with Crippen LogP contribution in [0.5, 0.6) is 0 Å². The zero-order valence-electron chi connectivity index (χ0n) is 16.0. The standard InChI is InChI=1S/C20H24O8/c1-5-8(2)16(22)26-10-6-19(7-25-19)13-12(21)15-18(4,28-15)20(13,24)14-11(10)9(3)17(23)27-14/h5,10-15,21,24H,3,6-7H2,1-2,4H3/b8-5-/t10-,11-,12+,13?,14?,15?,18-,19-,20?/m1/s1. The van der Waals surface area contributed by atoms with Crippen LogP contribution in [-0.2, 0) is 28.5 Å². The van der Waals surface area contributed by atoms with E-state index in [0.717, 1.165) is 0 Å². The van der Waals surface area contributed by atoms with Crippen molar-refractivity contribution in [1.82, 2.24) is 0 Å². The van der Waals surface area contributed by atoms with Crippen molar-refractivity contribution >= 4 is 11.9 Å². The fraction of sp³-hybridized carbons (Fsp3) is 0.700. The van der Waals surface area contributed by atoms with Gasteiger partial charge in [-0.3, -0.25) is 0 Å². The second kappa shape index (κ2) is 5.24. The Hall–Kier alpha value is -1.74. The summed E-state index contributed by atoms with van der Waals surface area (Å²) in [6.45, 7) is 9.24. The van der Waals surface area contributed by atoms with E-state index in [2.05, 4.69) is 6.58 Å². The van der Waals surface area contributed by atoms with E-state index in [1.807, 2.05) is 0 Å². The lowest BCUT2D eigenvalue weighted by Crippen LogP contribution is -2.61. The fourth-order valence-corrected chi connectivity index (χ4v) is 5.68. The van der Waals surface area contributed by atoms with Crippen LogP contribution in [0.15, 0.2) is 23.8 Å². The minimum atomic E-state index is -1.68. The summed E-state index contributed by atoms with van der Waals surface area (Å²) in [7, 11) is 0. The highest BCUT2D eigenvalue weighted by Crippen LogP contribution is 2.69. The number of carbonyl (C=O) groups is 2. The summed E-state index contributed by atoms with van der Waals surface area (Å²) >= 11 is 0. The van der Waals surface area contributed by atoms with Crippen molar-refractivity contribution in [2.75, 3.05) is 6.61 Å². The van der Waals surface area contributed by atoms with Crippen molar-refractivity contribution in [3.63, 3.8) is 0 Å². The molecule has 5 fully saturated rings. The van der Waals surface area contributed by atoms with E-state index < -0.39 is 65.0 Å². The molecule has 8 nitrogen and oxygen atoms in total. The molecule has 3 aliphatic heterocycles. The number of hydrogen-bond donors (Lipinski definition) is 2. The van der Waals surface area contributed by atoms with E-state index in [1.165, 1.54) is 0 Å². The number of aliphatic hydroxyl groups is 2. The third-order valence-electron chi connectivity index (χ3n) is 7.48. The van der Waals surface area contributed by atoms with Gasteiger partial charge in [0.2, 0.25) is 0 Å². The molecular weight excluding hydrogens is 368 g/mol. The van der Waals surface area contributed by atoms with Crippen molar-refractivity contribution in [3.8, 4) is 0 Å². The minimum Gasteiger partial charge on any atom is -0.458 e. The highest BCUT2D eigenvalue weighted by Gasteiger charge is 2.88. The van der Waals surface area contributed by atoms with Crippen LogP contribution in [0, 0.1) is 11.8 Å². The van der Waals surface area contributed by atoms with Crippen LogP contribution in [0.25, 0.3) is 0 Å². The maximum atomic E-state index is 12.5. The summed E-state index contributed by atoms with van der Waals surface area (Å²) in [6, 6.07) is 0. The molecule has 4 unspecified atom stereocenters. The average molecular weight is 392 g/mol. The van der Waals surface area contributed by atoms with Crippen molar-refractivity contribution in [3.05, 3.63) is 23.8 Å². The molecule has 0 radical (unpaired) electrons. The Balaban J connectivity index is 1.61. The van der Waals surface area contributed by atoms with Gasteiger partial charge in [0.15, 0.2) is 0 Å². The predicted octanol–water partition coefficient (Wildman–Crippen LogP) is 0.0142. The van der Waals surface area contributed by atoms with Crippen LogP contribution in [0.3, 0.4) is 0 Å². The number of fused-ring (bicyclic) bond motifs is 6. The van der Waals surface area contributed by atoms with Crippen molar-refractivity contribution in [2.24, 2.45) is 11.8 Å². The predicted molar refractivity (Wildman–Crippen MR) is 92.8 cm³/mol. The molecule has 5 aliphatic rings. The van der Waals surface area contributed by atoms with Gasteiger partial charge in [0.05, 0.1) is 24.5 Å². The SMILES string of the molecule is C=C1C(=O)OC2[C@H]1[C@H](OC(=O)/C(C)=C\C)C[C@@]1(CO1)C1[C@H](O)C3O[C@@]3(C)C21O. The highest BCUT2D eigenvalue weighted by atomic mass is 16.7. The topological polar surface area (TPSA) is 118 Å². The number of carbonyl (C=O) groups excluding carboxylic acids is 2. The summed E-state index contributed by atoms with van der Waals surface area (Å²) in [4.78, 5) is 24.8. The molecule has 0 aromatic heterocycles. The zero-order valence-corrected chi connectivity index (χ0v) is 16.0. The molecule has 3 heterocycles. The van der Waals surface area contributed by atoms with Gasteiger partial charge in [-0.1, -0.05) is 12.7 Å². The van der Waals surface area contributed by atoms with Gasteiger partial charge in [-0.25, -0.2) is 9.59 Å². The molecule has 2 aliphatic carbocycles. The molecule has 8 heteroatoms. The first-order chi connectivity index (χ1) is 13.1. The molecule has 0 bridgehead atoms. The second-order valence-electron chi connectivity index (χ2n) is 8.79. The molecule has 2 saturated carbocycles. The molecule has 1 spiro atoms. The Morgan fingerprint density at radius 2 is 2.07 bits per heavy atom. The summed E-state index contributed by atoms with van der Waals surface area (Å²) in [6.07, 6.45) is -1.48. The Morgan fingerprint density at radius 3 is 2.68 bits per heavy atom. The first kappa shape index (κ1) is 18.3. The monoisotopic (exact) mass is 392 g/mol. The Kier molecular flexibility index (Phi) is 3.43. The minimum absolute atomic E-state index is 0.146. The molecule has 5 rings (SSSR count). The van der Waals surface area contributed by atoms with Crippen LogP contribution >= 0.6 is 0 Å². The summed E-state index contributed by atoms with van der Waals surface area (Å²) < 4.78 is 22.7. The number of aliphatic hydroxyl groups excluding tert-OH is 1. The molecule has 0 aromatic rings. The Morgan fingerprint density at radius 1 is 1.39 bits per heavy atom. The van der Waals surface area contributed by atoms with Gasteiger partial charge in [0, 0.05) is 17.6 Å². The lowest BCUT2D eigenvalue weighted by Gasteiger charge is -2.41. The largest absolute Gasteiger partial charge is 0.458 e. The van der Waals surface area contributed by atoms with Crippen LogP contribution in [0.1, 0.15) is 27.2 Å². The number of allylic oxidation sites excluding steroid dienone is 1. The van der Waals surface area contributed by atoms with Crippen LogP contribution < -0.4 is 0 Å². The molecule has 2 N–H and O–H groups in total. The van der Waals surface area contributed by atoms with Crippen molar-refractivity contribution in [2.45, 2.75) is 68.4 Å². The summed E-state index contributed by atoms with van der Waals surface area (Å²) in [5.74, 6) is -2.62. The van der Waals surface area contributed by atoms with E-state index in [0.29, 0.717) is 12.2 Å². The lowest BCUT2D eigenvalue weighted by atomic mass is 9.71. The van der Waals surface area contributed by atoms with Gasteiger partial charge in [0.25, 0.3) is 0 Å². The van der Waals surface area contributed by atoms with Crippen LogP contribution in [0.2, 0.25) is 0 Å². The second-order valence-corrected chi connectivity index (χ2v) is 8.79. The molecule has 0 aromatic carbocycles. The first-order valence-corrected chi connectivity index (χ1v) is 9.56. The van der Waals surface area contributed by atoms with E-state index in [-0.39, 0.29) is 12.0 Å². The summed E-state index contributed by atoms with van der Waals surface area (Å²) in [5.41, 5.74) is -3.03. The Labute approximate surface area is 162 Å². The normalized spacial score (nSPS) is 53.8. The van der Waals surface area contributed by atoms with E-state index >= 15 is 0 Å². The quantitative estimate of drug-likeness (QED) is 0.383. The smallest absolute Gasteiger partial charge is 0.334 e. The Bertz CT molecular complexity index is 828. The van der Waals surface area contributed by atoms with Gasteiger partial charge in [-0.2, -0.15) is 0 Å². The molecule has 152 valence electrons. The van der Waals surface area contributed by atoms with Gasteiger partial charge >= 0.3 is 11.9 Å². The van der Waals surface area contributed by atoms with Crippen LogP contribution in [0.4, 0.5) is 0 Å². The van der Waals surface area contributed by atoms with Gasteiger partial charge in [-0.15, -0.1) is 0 Å². The van der Waals surface area contributed by atoms with Crippen molar-refractivity contribution in [1.29, 1.82) is 0 Å². The number of esters is 2. The summed E-state index contributed by atoms with van der Waals surface area (Å²) in [5, 5.41) is 22.8. The number of rotatable bonds is 2. The number of hydrogen-bond acceptors (Lipinski definition) is 8. The van der Waals surface area contributed by atoms with E-state index in [4.69, 9.17) is 18.9 Å². The zero-order chi connectivity index (χ0) is 20.2. The highest BCUT2D eigenvalue weighted by molar-refractivity contribution is 5.92. The molecular formula is C20H24O8. The molecule has 28 heavy (non-hydrogen) atoms.